The lowest BCUT2D eigenvalue weighted by atomic mass is 10.2. The van der Waals surface area contributed by atoms with Gasteiger partial charge in [0.2, 0.25) is 0 Å². The lowest BCUT2D eigenvalue weighted by molar-refractivity contribution is -0.118. The van der Waals surface area contributed by atoms with Crippen molar-refractivity contribution < 1.29 is 19.0 Å². The molecule has 1 amide bonds. The summed E-state index contributed by atoms with van der Waals surface area (Å²) < 4.78 is 17.4. The fourth-order valence-electron chi connectivity index (χ4n) is 2.59. The molecule has 0 unspecified atom stereocenters. The van der Waals surface area contributed by atoms with E-state index in [1.54, 1.807) is 26.4 Å². The highest BCUT2D eigenvalue weighted by molar-refractivity contribution is 14.1. The van der Waals surface area contributed by atoms with E-state index in [1.807, 2.05) is 24.3 Å². The normalized spacial score (nSPS) is 10.3. The van der Waals surface area contributed by atoms with Crippen molar-refractivity contribution in [2.45, 2.75) is 20.4 Å². The molecular weight excluding hydrogens is 507 g/mol. The van der Waals surface area contributed by atoms with Gasteiger partial charge in [-0.15, -0.1) is 12.4 Å². The van der Waals surface area contributed by atoms with Crippen LogP contribution in [0.4, 0.5) is 5.69 Å². The summed E-state index contributed by atoms with van der Waals surface area (Å²) in [6, 6.07) is 11.2. The molecule has 0 aromatic heterocycles. The van der Waals surface area contributed by atoms with E-state index in [4.69, 9.17) is 14.2 Å². The highest BCUT2D eigenvalue weighted by Gasteiger charge is 2.14. The average Bonchev–Trinajstić information content (AvgIpc) is 2.66. The van der Waals surface area contributed by atoms with Gasteiger partial charge in [0.05, 0.1) is 23.5 Å². The van der Waals surface area contributed by atoms with Gasteiger partial charge in [0, 0.05) is 6.54 Å². The molecule has 2 rings (SSSR count). The Morgan fingerprint density at radius 1 is 1.10 bits per heavy atom. The second kappa shape index (κ2) is 12.8. The number of nitrogens with one attached hydrogen (secondary N) is 2. The smallest absolute Gasteiger partial charge is 0.262 e. The van der Waals surface area contributed by atoms with Gasteiger partial charge in [-0.3, -0.25) is 4.79 Å². The van der Waals surface area contributed by atoms with Crippen LogP contribution in [-0.4, -0.2) is 33.3 Å². The van der Waals surface area contributed by atoms with Gasteiger partial charge in [-0.05, 0) is 64.9 Å². The molecule has 0 aliphatic carbocycles. The predicted molar refractivity (Wildman–Crippen MR) is 127 cm³/mol. The molecule has 2 N–H and O–H groups in total. The van der Waals surface area contributed by atoms with Crippen LogP contribution in [0.3, 0.4) is 0 Å². The Hall–Kier alpha value is -1.71. The number of ether oxygens (including phenoxy) is 3. The van der Waals surface area contributed by atoms with E-state index in [1.165, 1.54) is 0 Å². The minimum atomic E-state index is -0.273. The maximum absolute atomic E-state index is 12.3. The van der Waals surface area contributed by atoms with E-state index < -0.39 is 0 Å². The van der Waals surface area contributed by atoms with Gasteiger partial charge in [-0.25, -0.2) is 0 Å². The fraction of sp³-hybridized carbons (Fsp3) is 0.381. The van der Waals surface area contributed by atoms with Crippen LogP contribution in [-0.2, 0) is 11.3 Å². The Morgan fingerprint density at radius 3 is 2.45 bits per heavy atom. The van der Waals surface area contributed by atoms with Crippen LogP contribution in [0.5, 0.6) is 17.2 Å². The number of amides is 1. The molecule has 0 aliphatic rings. The summed E-state index contributed by atoms with van der Waals surface area (Å²) in [6.07, 6.45) is 0. The SMILES string of the molecule is COc1ccccc1NC(=O)COc1c(I)cc(CNCC(C)C)cc1OC.Cl. The molecule has 0 heterocycles. The van der Waals surface area contributed by atoms with Crippen LogP contribution >= 0.6 is 35.0 Å². The third kappa shape index (κ3) is 7.91. The van der Waals surface area contributed by atoms with E-state index in [0.717, 1.165) is 22.2 Å². The topological polar surface area (TPSA) is 68.8 Å². The van der Waals surface area contributed by atoms with E-state index in [0.29, 0.717) is 28.9 Å². The van der Waals surface area contributed by atoms with E-state index in [2.05, 4.69) is 47.1 Å². The molecule has 0 bridgehead atoms. The molecule has 0 atom stereocenters. The van der Waals surface area contributed by atoms with Crippen molar-refractivity contribution in [3.8, 4) is 17.2 Å². The summed E-state index contributed by atoms with van der Waals surface area (Å²) in [7, 11) is 3.16. The number of para-hydroxylation sites is 2. The van der Waals surface area contributed by atoms with Crippen molar-refractivity contribution in [2.75, 3.05) is 32.7 Å². The molecule has 29 heavy (non-hydrogen) atoms. The zero-order valence-electron chi connectivity index (χ0n) is 17.1. The third-order valence-electron chi connectivity index (χ3n) is 3.90. The van der Waals surface area contributed by atoms with Gasteiger partial charge in [0.25, 0.3) is 5.91 Å². The molecule has 0 saturated carbocycles. The highest BCUT2D eigenvalue weighted by Crippen LogP contribution is 2.34. The lowest BCUT2D eigenvalue weighted by Crippen LogP contribution is -2.21. The third-order valence-corrected chi connectivity index (χ3v) is 4.70. The standard InChI is InChI=1S/C21H27IN2O4.ClH/c1-14(2)11-23-12-15-9-16(22)21(19(10-15)27-4)28-13-20(25)24-17-7-5-6-8-18(17)26-3;/h5-10,14,23H,11-13H2,1-4H3,(H,24,25);1H. The Kier molecular flexibility index (Phi) is 11.2. The number of carbonyl (C=O) groups excluding carboxylic acids is 1. The first kappa shape index (κ1) is 25.3. The number of hydrogen-bond donors (Lipinski definition) is 2. The van der Waals surface area contributed by atoms with Crippen molar-refractivity contribution >= 4 is 46.6 Å². The van der Waals surface area contributed by atoms with E-state index in [-0.39, 0.29) is 24.9 Å². The minimum Gasteiger partial charge on any atom is -0.495 e. The molecule has 0 fully saturated rings. The largest absolute Gasteiger partial charge is 0.495 e. The van der Waals surface area contributed by atoms with Gasteiger partial charge in [0.15, 0.2) is 18.1 Å². The van der Waals surface area contributed by atoms with Crippen molar-refractivity contribution in [1.82, 2.24) is 5.32 Å². The molecule has 0 saturated heterocycles. The summed E-state index contributed by atoms with van der Waals surface area (Å²) in [4.78, 5) is 12.3. The Bertz CT molecular complexity index is 802. The molecule has 0 spiro atoms. The van der Waals surface area contributed by atoms with E-state index in [9.17, 15) is 4.79 Å². The quantitative estimate of drug-likeness (QED) is 0.440. The van der Waals surface area contributed by atoms with Crippen molar-refractivity contribution in [1.29, 1.82) is 0 Å². The molecule has 160 valence electrons. The van der Waals surface area contributed by atoms with Gasteiger partial charge in [-0.1, -0.05) is 26.0 Å². The van der Waals surface area contributed by atoms with Crippen LogP contribution in [0.2, 0.25) is 0 Å². The molecule has 2 aromatic rings. The van der Waals surface area contributed by atoms with E-state index >= 15 is 0 Å². The summed E-state index contributed by atoms with van der Waals surface area (Å²) >= 11 is 2.20. The molecule has 8 heteroatoms. The van der Waals surface area contributed by atoms with Crippen molar-refractivity contribution in [2.24, 2.45) is 5.92 Å². The zero-order valence-corrected chi connectivity index (χ0v) is 20.1. The second-order valence-electron chi connectivity index (χ2n) is 6.67. The van der Waals surface area contributed by atoms with Gasteiger partial charge in [-0.2, -0.15) is 0 Å². The van der Waals surface area contributed by atoms with Crippen LogP contribution in [0.25, 0.3) is 0 Å². The summed E-state index contributed by atoms with van der Waals surface area (Å²) in [5.74, 6) is 2.08. The van der Waals surface area contributed by atoms with Crippen molar-refractivity contribution in [3.63, 3.8) is 0 Å². The van der Waals surface area contributed by atoms with Crippen LogP contribution in [0, 0.1) is 9.49 Å². The molecule has 6 nitrogen and oxygen atoms in total. The minimum absolute atomic E-state index is 0. The maximum atomic E-state index is 12.3. The average molecular weight is 535 g/mol. The Balaban J connectivity index is 0.00000420. The summed E-state index contributed by atoms with van der Waals surface area (Å²) in [6.45, 7) is 5.91. The van der Waals surface area contributed by atoms with Crippen LogP contribution < -0.4 is 24.8 Å². The Labute approximate surface area is 192 Å². The number of methoxy groups -OCH3 is 2. The van der Waals surface area contributed by atoms with Gasteiger partial charge < -0.3 is 24.8 Å². The number of carbonyl (C=O) groups is 1. The molecule has 0 radical (unpaired) electrons. The lowest BCUT2D eigenvalue weighted by Gasteiger charge is -2.15. The first-order valence-electron chi connectivity index (χ1n) is 9.07. The number of anilines is 1. The van der Waals surface area contributed by atoms with Crippen LogP contribution in [0.1, 0.15) is 19.4 Å². The summed E-state index contributed by atoms with van der Waals surface area (Å²) in [5.41, 5.74) is 1.71. The highest BCUT2D eigenvalue weighted by atomic mass is 127. The number of benzene rings is 2. The fourth-order valence-corrected chi connectivity index (χ4v) is 3.41. The van der Waals surface area contributed by atoms with Gasteiger partial charge >= 0.3 is 0 Å². The Morgan fingerprint density at radius 2 is 1.79 bits per heavy atom. The first-order chi connectivity index (χ1) is 13.4. The van der Waals surface area contributed by atoms with Crippen molar-refractivity contribution in [3.05, 3.63) is 45.5 Å². The number of hydrogen-bond acceptors (Lipinski definition) is 5. The van der Waals surface area contributed by atoms with Crippen LogP contribution in [0.15, 0.2) is 36.4 Å². The summed E-state index contributed by atoms with van der Waals surface area (Å²) in [5, 5.41) is 6.21. The zero-order chi connectivity index (χ0) is 20.5. The molecular formula is C21H28ClIN2O4. The maximum Gasteiger partial charge on any atom is 0.262 e. The molecule has 2 aromatic carbocycles. The number of halogens is 2. The second-order valence-corrected chi connectivity index (χ2v) is 7.83. The van der Waals surface area contributed by atoms with Gasteiger partial charge in [0.1, 0.15) is 5.75 Å². The first-order valence-corrected chi connectivity index (χ1v) is 10.1. The monoisotopic (exact) mass is 534 g/mol. The molecule has 0 aliphatic heterocycles. The number of rotatable bonds is 10. The predicted octanol–water partition coefficient (Wildman–Crippen LogP) is 4.49.